The predicted octanol–water partition coefficient (Wildman–Crippen LogP) is 0.703. The number of hydrogen-bond donors (Lipinski definition) is 2. The number of carboxylic acid groups (broad SMARTS) is 1. The molecule has 1 amide bonds. The van der Waals surface area contributed by atoms with Gasteiger partial charge in [-0.05, 0) is 12.8 Å². The average Bonchev–Trinajstić information content (AvgIpc) is 2.81. The van der Waals surface area contributed by atoms with Crippen molar-refractivity contribution in [1.29, 1.82) is 0 Å². The molecule has 0 unspecified atom stereocenters. The smallest absolute Gasteiger partial charge is 0.307 e. The molecule has 0 bridgehead atoms. The molecule has 1 aliphatic carbocycles. The average molecular weight is 263 g/mol. The van der Waals surface area contributed by atoms with Crippen LogP contribution in [0.2, 0.25) is 0 Å². The van der Waals surface area contributed by atoms with Crippen molar-refractivity contribution in [3.8, 4) is 0 Å². The highest BCUT2D eigenvalue weighted by atomic mass is 16.4. The number of carbonyl (C=O) groups excluding carboxylic acids is 1. The van der Waals surface area contributed by atoms with Gasteiger partial charge in [0.15, 0.2) is 0 Å². The topological polar surface area (TPSA) is 84.2 Å². The van der Waals surface area contributed by atoms with E-state index in [0.717, 1.165) is 5.56 Å². The molecule has 1 aromatic heterocycles. The SMILES string of the molecule is Cn1cc(CNC(=O)[C@@H]2CC=CC[C@@H]2C(=O)O)cn1. The summed E-state index contributed by atoms with van der Waals surface area (Å²) in [6, 6.07) is 0. The third-order valence-corrected chi connectivity index (χ3v) is 3.31. The first-order chi connectivity index (χ1) is 9.08. The van der Waals surface area contributed by atoms with Gasteiger partial charge in [0.25, 0.3) is 0 Å². The van der Waals surface area contributed by atoms with Crippen LogP contribution in [0.4, 0.5) is 0 Å². The van der Waals surface area contributed by atoms with E-state index in [1.54, 1.807) is 17.9 Å². The van der Waals surface area contributed by atoms with E-state index in [1.807, 2.05) is 18.3 Å². The van der Waals surface area contributed by atoms with Crippen molar-refractivity contribution in [1.82, 2.24) is 15.1 Å². The molecule has 0 radical (unpaired) electrons. The van der Waals surface area contributed by atoms with Gasteiger partial charge >= 0.3 is 5.97 Å². The Morgan fingerprint density at radius 3 is 2.68 bits per heavy atom. The van der Waals surface area contributed by atoms with E-state index < -0.39 is 17.8 Å². The molecule has 0 saturated carbocycles. The van der Waals surface area contributed by atoms with Crippen LogP contribution in [0.15, 0.2) is 24.5 Å². The van der Waals surface area contributed by atoms with Crippen molar-refractivity contribution >= 4 is 11.9 Å². The first-order valence-corrected chi connectivity index (χ1v) is 6.21. The number of allylic oxidation sites excluding steroid dienone is 2. The summed E-state index contributed by atoms with van der Waals surface area (Å²) in [7, 11) is 1.80. The fourth-order valence-corrected chi connectivity index (χ4v) is 2.26. The molecule has 1 heterocycles. The minimum atomic E-state index is -0.911. The van der Waals surface area contributed by atoms with Crippen molar-refractivity contribution in [3.63, 3.8) is 0 Å². The molecule has 2 rings (SSSR count). The molecule has 0 aromatic carbocycles. The highest BCUT2D eigenvalue weighted by molar-refractivity contribution is 5.85. The first kappa shape index (κ1) is 13.3. The van der Waals surface area contributed by atoms with Gasteiger partial charge < -0.3 is 10.4 Å². The van der Waals surface area contributed by atoms with Gasteiger partial charge in [0.2, 0.25) is 5.91 Å². The quantitative estimate of drug-likeness (QED) is 0.783. The Bertz CT molecular complexity index is 507. The minimum absolute atomic E-state index is 0.208. The number of hydrogen-bond acceptors (Lipinski definition) is 3. The zero-order chi connectivity index (χ0) is 13.8. The van der Waals surface area contributed by atoms with Gasteiger partial charge in [-0.25, -0.2) is 0 Å². The maximum atomic E-state index is 12.1. The van der Waals surface area contributed by atoms with E-state index in [9.17, 15) is 9.59 Å². The molecular formula is C13H17N3O3. The summed E-state index contributed by atoms with van der Waals surface area (Å²) >= 11 is 0. The number of aryl methyl sites for hydroxylation is 1. The van der Waals surface area contributed by atoms with Crippen LogP contribution >= 0.6 is 0 Å². The molecule has 0 fully saturated rings. The normalized spacial score (nSPS) is 22.2. The Balaban J connectivity index is 1.95. The van der Waals surface area contributed by atoms with E-state index in [-0.39, 0.29) is 5.91 Å². The van der Waals surface area contributed by atoms with Crippen molar-refractivity contribution in [2.24, 2.45) is 18.9 Å². The lowest BCUT2D eigenvalue weighted by Gasteiger charge is -2.24. The van der Waals surface area contributed by atoms with E-state index >= 15 is 0 Å². The third kappa shape index (κ3) is 3.21. The van der Waals surface area contributed by atoms with Crippen LogP contribution in [-0.2, 0) is 23.2 Å². The molecule has 2 N–H and O–H groups in total. The van der Waals surface area contributed by atoms with Gasteiger partial charge in [-0.1, -0.05) is 12.2 Å². The Morgan fingerprint density at radius 1 is 1.42 bits per heavy atom. The second kappa shape index (κ2) is 5.69. The van der Waals surface area contributed by atoms with Gasteiger partial charge in [-0.15, -0.1) is 0 Å². The summed E-state index contributed by atoms with van der Waals surface area (Å²) in [5.74, 6) is -2.23. The van der Waals surface area contributed by atoms with Crippen molar-refractivity contribution < 1.29 is 14.7 Å². The molecule has 1 aromatic rings. The van der Waals surface area contributed by atoms with Gasteiger partial charge in [-0.2, -0.15) is 5.10 Å². The number of carboxylic acids is 1. The van der Waals surface area contributed by atoms with Crippen LogP contribution < -0.4 is 5.32 Å². The first-order valence-electron chi connectivity index (χ1n) is 6.21. The molecule has 2 atom stereocenters. The fourth-order valence-electron chi connectivity index (χ4n) is 2.26. The van der Waals surface area contributed by atoms with Crippen LogP contribution in [0, 0.1) is 11.8 Å². The molecule has 6 nitrogen and oxygen atoms in total. The molecule has 0 saturated heterocycles. The van der Waals surface area contributed by atoms with Crippen LogP contribution in [0.1, 0.15) is 18.4 Å². The second-order valence-electron chi connectivity index (χ2n) is 4.73. The van der Waals surface area contributed by atoms with Gasteiger partial charge in [0.05, 0.1) is 18.0 Å². The van der Waals surface area contributed by atoms with Crippen molar-refractivity contribution in [3.05, 3.63) is 30.1 Å². The number of nitrogens with zero attached hydrogens (tertiary/aromatic N) is 2. The standard InChI is InChI=1S/C13H17N3O3/c1-16-8-9(7-15-16)6-14-12(17)10-4-2-3-5-11(10)13(18)19/h2-3,7-8,10-11H,4-6H2,1H3,(H,14,17)(H,18,19)/t10-,11+/m1/s1. The van der Waals surface area contributed by atoms with Crippen LogP contribution in [-0.4, -0.2) is 26.8 Å². The summed E-state index contributed by atoms with van der Waals surface area (Å²) in [5, 5.41) is 15.9. The molecule has 102 valence electrons. The maximum Gasteiger partial charge on any atom is 0.307 e. The summed E-state index contributed by atoms with van der Waals surface area (Å²) in [5.41, 5.74) is 0.897. The van der Waals surface area contributed by atoms with Crippen LogP contribution in [0.3, 0.4) is 0 Å². The Morgan fingerprint density at radius 2 is 2.11 bits per heavy atom. The number of amides is 1. The van der Waals surface area contributed by atoms with Gasteiger partial charge in [0, 0.05) is 25.4 Å². The van der Waals surface area contributed by atoms with E-state index in [0.29, 0.717) is 19.4 Å². The van der Waals surface area contributed by atoms with E-state index in [4.69, 9.17) is 5.11 Å². The van der Waals surface area contributed by atoms with E-state index in [1.165, 1.54) is 0 Å². The fraction of sp³-hybridized carbons (Fsp3) is 0.462. The van der Waals surface area contributed by atoms with Crippen molar-refractivity contribution in [2.45, 2.75) is 19.4 Å². The molecule has 0 aliphatic heterocycles. The summed E-state index contributed by atoms with van der Waals surface area (Å²) in [6.45, 7) is 0.374. The van der Waals surface area contributed by atoms with Crippen LogP contribution in [0.25, 0.3) is 0 Å². The number of rotatable bonds is 4. The minimum Gasteiger partial charge on any atom is -0.481 e. The van der Waals surface area contributed by atoms with Gasteiger partial charge in [-0.3, -0.25) is 14.3 Å². The lowest BCUT2D eigenvalue weighted by Crippen LogP contribution is -2.38. The summed E-state index contributed by atoms with van der Waals surface area (Å²) < 4.78 is 1.66. The molecular weight excluding hydrogens is 246 g/mol. The zero-order valence-electron chi connectivity index (χ0n) is 10.7. The van der Waals surface area contributed by atoms with Crippen LogP contribution in [0.5, 0.6) is 0 Å². The Hall–Kier alpha value is -2.11. The number of aromatic nitrogens is 2. The second-order valence-corrected chi connectivity index (χ2v) is 4.73. The Kier molecular flexibility index (Phi) is 3.99. The number of nitrogens with one attached hydrogen (secondary N) is 1. The van der Waals surface area contributed by atoms with E-state index in [2.05, 4.69) is 10.4 Å². The molecule has 0 spiro atoms. The van der Waals surface area contributed by atoms with Gasteiger partial charge in [0.1, 0.15) is 0 Å². The Labute approximate surface area is 111 Å². The molecule has 19 heavy (non-hydrogen) atoms. The maximum absolute atomic E-state index is 12.1. The number of aliphatic carboxylic acids is 1. The molecule has 6 heteroatoms. The largest absolute Gasteiger partial charge is 0.481 e. The lowest BCUT2D eigenvalue weighted by molar-refractivity contribution is -0.147. The number of carbonyl (C=O) groups is 2. The highest BCUT2D eigenvalue weighted by Crippen LogP contribution is 2.26. The highest BCUT2D eigenvalue weighted by Gasteiger charge is 2.33. The molecule has 1 aliphatic rings. The third-order valence-electron chi connectivity index (χ3n) is 3.31. The summed E-state index contributed by atoms with van der Waals surface area (Å²) in [4.78, 5) is 23.2. The lowest BCUT2D eigenvalue weighted by atomic mass is 9.82. The zero-order valence-corrected chi connectivity index (χ0v) is 10.7. The summed E-state index contributed by atoms with van der Waals surface area (Å²) in [6.07, 6.45) is 8.08. The van der Waals surface area contributed by atoms with Crippen molar-refractivity contribution in [2.75, 3.05) is 0 Å². The monoisotopic (exact) mass is 263 g/mol. The predicted molar refractivity (Wildman–Crippen MR) is 68.0 cm³/mol.